The molecule has 0 amide bonds. The summed E-state index contributed by atoms with van der Waals surface area (Å²) in [6.07, 6.45) is 0. The van der Waals surface area contributed by atoms with Gasteiger partial charge in [-0.25, -0.2) is 8.42 Å². The Morgan fingerprint density at radius 1 is 0.857 bits per heavy atom. The Kier molecular flexibility index (Phi) is 2.89. The van der Waals surface area contributed by atoms with Crippen LogP contribution in [0.4, 0.5) is 0 Å². The Morgan fingerprint density at radius 3 is 2.00 bits per heavy atom. The Balaban J connectivity index is 2.37. The summed E-state index contributed by atoms with van der Waals surface area (Å²) in [6.45, 7) is 0. The van der Waals surface area contributed by atoms with Gasteiger partial charge in [0.05, 0.1) is 5.56 Å². The van der Waals surface area contributed by atoms with Gasteiger partial charge in [0.1, 0.15) is 10.6 Å². The van der Waals surface area contributed by atoms with Crippen molar-refractivity contribution in [3.8, 4) is 5.75 Å². The molecule has 0 spiro atoms. The summed E-state index contributed by atoms with van der Waals surface area (Å²) in [5.41, 5.74) is -0.0361. The number of carbonyl (C=O) groups is 2. The Labute approximate surface area is 124 Å². The largest absolute Gasteiger partial charge is 0.506 e. The minimum atomic E-state index is -4.23. The van der Waals surface area contributed by atoms with E-state index in [1.807, 2.05) is 0 Å². The van der Waals surface area contributed by atoms with Crippen LogP contribution in [0.3, 0.4) is 0 Å². The van der Waals surface area contributed by atoms with Gasteiger partial charge in [0.15, 0.2) is 11.6 Å². The molecule has 5 nitrogen and oxygen atoms in total. The molecular formula is C14H7ClO5S. The van der Waals surface area contributed by atoms with E-state index < -0.39 is 31.3 Å². The normalized spacial score (nSPS) is 13.8. The predicted molar refractivity (Wildman–Crippen MR) is 74.5 cm³/mol. The number of halogens is 1. The molecule has 0 bridgehead atoms. The second-order valence-corrected chi connectivity index (χ2v) is 7.01. The third-order valence-corrected chi connectivity index (χ3v) is 4.65. The average molecular weight is 323 g/mol. The summed E-state index contributed by atoms with van der Waals surface area (Å²) in [4.78, 5) is 24.1. The third kappa shape index (κ3) is 1.95. The molecule has 0 saturated carbocycles. The zero-order valence-electron chi connectivity index (χ0n) is 10.3. The van der Waals surface area contributed by atoms with Gasteiger partial charge in [-0.05, 0) is 12.1 Å². The number of rotatable bonds is 1. The van der Waals surface area contributed by atoms with Crippen LogP contribution in [0.1, 0.15) is 31.8 Å². The standard InChI is InChI=1S/C14H7ClO5S/c15-21(19,20)10-6-5-9-11(14(10)18)13(17)8-4-2-1-3-7(8)12(9)16/h1-6,18H. The van der Waals surface area contributed by atoms with E-state index in [0.717, 1.165) is 6.07 Å². The van der Waals surface area contributed by atoms with Crippen molar-refractivity contribution in [2.45, 2.75) is 4.90 Å². The summed E-state index contributed by atoms with van der Waals surface area (Å²) >= 11 is 0. The average Bonchev–Trinajstić information content (AvgIpc) is 2.43. The number of fused-ring (bicyclic) bond motifs is 2. The van der Waals surface area contributed by atoms with E-state index in [-0.39, 0.29) is 22.3 Å². The zero-order chi connectivity index (χ0) is 15.4. The van der Waals surface area contributed by atoms with E-state index in [1.165, 1.54) is 18.2 Å². The van der Waals surface area contributed by atoms with Crippen LogP contribution in [0.2, 0.25) is 0 Å². The number of aromatic hydroxyl groups is 1. The van der Waals surface area contributed by atoms with Crippen molar-refractivity contribution < 1.29 is 23.1 Å². The fourth-order valence-corrected chi connectivity index (χ4v) is 3.28. The minimum absolute atomic E-state index is 0.0414. The van der Waals surface area contributed by atoms with E-state index in [0.29, 0.717) is 0 Å². The number of benzene rings is 2. The SMILES string of the molecule is O=C1c2ccccc2C(=O)c2c1ccc(S(=O)(=O)Cl)c2O. The highest BCUT2D eigenvalue weighted by molar-refractivity contribution is 8.13. The minimum Gasteiger partial charge on any atom is -0.506 e. The van der Waals surface area contributed by atoms with Crippen molar-refractivity contribution in [2.75, 3.05) is 0 Å². The first kappa shape index (κ1) is 13.8. The van der Waals surface area contributed by atoms with Crippen molar-refractivity contribution in [2.24, 2.45) is 0 Å². The third-order valence-electron chi connectivity index (χ3n) is 3.29. The second kappa shape index (κ2) is 4.41. The van der Waals surface area contributed by atoms with Gasteiger partial charge < -0.3 is 5.11 Å². The van der Waals surface area contributed by atoms with E-state index >= 15 is 0 Å². The molecule has 21 heavy (non-hydrogen) atoms. The van der Waals surface area contributed by atoms with Gasteiger partial charge in [-0.3, -0.25) is 9.59 Å². The zero-order valence-corrected chi connectivity index (χ0v) is 11.9. The van der Waals surface area contributed by atoms with Gasteiger partial charge in [-0.2, -0.15) is 0 Å². The Hall–Kier alpha value is -2.18. The van der Waals surface area contributed by atoms with Crippen LogP contribution >= 0.6 is 10.7 Å². The highest BCUT2D eigenvalue weighted by atomic mass is 35.7. The van der Waals surface area contributed by atoms with Crippen LogP contribution in [0.5, 0.6) is 5.75 Å². The quantitative estimate of drug-likeness (QED) is 0.693. The molecule has 2 aromatic rings. The van der Waals surface area contributed by atoms with Gasteiger partial charge >= 0.3 is 0 Å². The number of hydrogen-bond acceptors (Lipinski definition) is 5. The maximum atomic E-state index is 12.4. The van der Waals surface area contributed by atoms with Crippen LogP contribution < -0.4 is 0 Å². The molecule has 0 fully saturated rings. The molecule has 0 saturated heterocycles. The molecule has 1 aliphatic carbocycles. The molecule has 0 radical (unpaired) electrons. The first-order chi connectivity index (χ1) is 9.82. The molecule has 0 aliphatic heterocycles. The fourth-order valence-electron chi connectivity index (χ4n) is 2.35. The molecule has 1 aliphatic rings. The number of ketones is 2. The lowest BCUT2D eigenvalue weighted by Gasteiger charge is -2.18. The summed E-state index contributed by atoms with van der Waals surface area (Å²) < 4.78 is 22.8. The maximum absolute atomic E-state index is 12.4. The van der Waals surface area contributed by atoms with Crippen molar-refractivity contribution in [3.05, 3.63) is 58.7 Å². The highest BCUT2D eigenvalue weighted by Crippen LogP contribution is 2.37. The number of phenolic OH excluding ortho intramolecular Hbond substituents is 1. The van der Waals surface area contributed by atoms with E-state index in [2.05, 4.69) is 0 Å². The van der Waals surface area contributed by atoms with Crippen LogP contribution in [-0.2, 0) is 9.05 Å². The predicted octanol–water partition coefficient (Wildman–Crippen LogP) is 2.10. The van der Waals surface area contributed by atoms with E-state index in [1.54, 1.807) is 12.1 Å². The molecule has 0 atom stereocenters. The lowest BCUT2D eigenvalue weighted by molar-refractivity contribution is 0.0976. The molecule has 1 N–H and O–H groups in total. The molecule has 2 aromatic carbocycles. The van der Waals surface area contributed by atoms with Crippen molar-refractivity contribution in [1.82, 2.24) is 0 Å². The molecule has 0 unspecified atom stereocenters. The summed E-state index contributed by atoms with van der Waals surface area (Å²) in [7, 11) is 0.980. The molecule has 106 valence electrons. The van der Waals surface area contributed by atoms with Crippen LogP contribution in [-0.4, -0.2) is 25.1 Å². The smallest absolute Gasteiger partial charge is 0.265 e. The van der Waals surface area contributed by atoms with E-state index in [9.17, 15) is 23.1 Å². The number of hydrogen-bond donors (Lipinski definition) is 1. The first-order valence-electron chi connectivity index (χ1n) is 5.81. The molecule has 0 heterocycles. The summed E-state index contributed by atoms with van der Waals surface area (Å²) in [6, 6.07) is 8.33. The van der Waals surface area contributed by atoms with Gasteiger partial charge in [0.2, 0.25) is 0 Å². The van der Waals surface area contributed by atoms with Crippen LogP contribution in [0, 0.1) is 0 Å². The molecule has 3 rings (SSSR count). The van der Waals surface area contributed by atoms with E-state index in [4.69, 9.17) is 10.7 Å². The molecular weight excluding hydrogens is 316 g/mol. The highest BCUT2D eigenvalue weighted by Gasteiger charge is 2.34. The molecule has 0 aromatic heterocycles. The van der Waals surface area contributed by atoms with Gasteiger partial charge in [-0.15, -0.1) is 0 Å². The number of carbonyl (C=O) groups excluding carboxylic acids is 2. The lowest BCUT2D eigenvalue weighted by Crippen LogP contribution is -2.21. The lowest BCUT2D eigenvalue weighted by atomic mass is 9.84. The van der Waals surface area contributed by atoms with Gasteiger partial charge in [0.25, 0.3) is 9.05 Å². The number of phenols is 1. The van der Waals surface area contributed by atoms with Gasteiger partial charge in [0, 0.05) is 27.4 Å². The van der Waals surface area contributed by atoms with Gasteiger partial charge in [-0.1, -0.05) is 24.3 Å². The van der Waals surface area contributed by atoms with Crippen molar-refractivity contribution in [1.29, 1.82) is 0 Å². The Morgan fingerprint density at radius 2 is 1.43 bits per heavy atom. The topological polar surface area (TPSA) is 88.5 Å². The van der Waals surface area contributed by atoms with Crippen LogP contribution in [0.25, 0.3) is 0 Å². The molecule has 7 heteroatoms. The maximum Gasteiger partial charge on any atom is 0.265 e. The monoisotopic (exact) mass is 322 g/mol. The first-order valence-corrected chi connectivity index (χ1v) is 8.12. The second-order valence-electron chi connectivity index (χ2n) is 4.48. The summed E-state index contributed by atoms with van der Waals surface area (Å²) in [5.74, 6) is -1.86. The fraction of sp³-hybridized carbons (Fsp3) is 0. The van der Waals surface area contributed by atoms with Crippen LogP contribution in [0.15, 0.2) is 41.3 Å². The summed E-state index contributed by atoms with van der Waals surface area (Å²) in [5, 5.41) is 10.0. The van der Waals surface area contributed by atoms with Crippen molar-refractivity contribution >= 4 is 31.3 Å². The van der Waals surface area contributed by atoms with Crippen molar-refractivity contribution in [3.63, 3.8) is 0 Å². The Bertz CT molecular complexity index is 915.